The maximum Gasteiger partial charge on any atom is 0.211 e. The molecule has 10 heteroatoms. The van der Waals surface area contributed by atoms with E-state index in [0.717, 1.165) is 27.7 Å². The van der Waals surface area contributed by atoms with Crippen LogP contribution >= 0.6 is 12.0 Å². The summed E-state index contributed by atoms with van der Waals surface area (Å²) < 4.78 is 4.40. The molecule has 4 aromatic rings. The molecule has 2 N–H and O–H groups in total. The van der Waals surface area contributed by atoms with Gasteiger partial charge < -0.3 is 5.32 Å². The Bertz CT molecular complexity index is 1290. The van der Waals surface area contributed by atoms with Crippen molar-refractivity contribution < 1.29 is 19.4 Å². The van der Waals surface area contributed by atoms with E-state index in [9.17, 15) is 4.79 Å². The Hall–Kier alpha value is -3.96. The summed E-state index contributed by atoms with van der Waals surface area (Å²) in [4.78, 5) is 11.2. The van der Waals surface area contributed by atoms with Gasteiger partial charge in [0.2, 0.25) is 6.41 Å². The van der Waals surface area contributed by atoms with E-state index < -0.39 is 0 Å². The van der Waals surface area contributed by atoms with Crippen molar-refractivity contribution in [2.45, 2.75) is 4.90 Å². The lowest BCUT2D eigenvalue weighted by Gasteiger charge is -2.04. The maximum atomic E-state index is 10.5. The van der Waals surface area contributed by atoms with E-state index >= 15 is 0 Å². The van der Waals surface area contributed by atoms with Crippen LogP contribution in [0.2, 0.25) is 0 Å². The first kappa shape index (κ1) is 22.2. The third kappa shape index (κ3) is 5.84. The molecule has 0 saturated carbocycles. The second kappa shape index (κ2) is 11.1. The minimum Gasteiger partial charge on any atom is -0.329 e. The number of rotatable bonds is 9. The summed E-state index contributed by atoms with van der Waals surface area (Å²) in [6.07, 6.45) is 0.624. The van der Waals surface area contributed by atoms with Gasteiger partial charge >= 0.3 is 0 Å². The highest BCUT2D eigenvalue weighted by molar-refractivity contribution is 7.94. The van der Waals surface area contributed by atoms with Crippen LogP contribution in [-0.2, 0) is 14.2 Å². The molecule has 0 atom stereocenters. The van der Waals surface area contributed by atoms with E-state index in [4.69, 9.17) is 5.26 Å². The molecule has 164 valence electrons. The van der Waals surface area contributed by atoms with Crippen LogP contribution in [0, 0.1) is 0 Å². The zero-order valence-corrected chi connectivity index (χ0v) is 17.8. The number of benzene rings is 4. The quantitative estimate of drug-likeness (QED) is 0.0875. The van der Waals surface area contributed by atoms with Crippen LogP contribution in [0.15, 0.2) is 110 Å². The molecule has 0 aromatic heterocycles. The van der Waals surface area contributed by atoms with Gasteiger partial charge in [0.1, 0.15) is 0 Å². The Labute approximate surface area is 192 Å². The Morgan fingerprint density at radius 2 is 1.27 bits per heavy atom. The third-order valence-corrected chi connectivity index (χ3v) is 5.11. The number of hydrogen-bond donors (Lipinski definition) is 2. The Morgan fingerprint density at radius 3 is 1.79 bits per heavy atom. The summed E-state index contributed by atoms with van der Waals surface area (Å²) in [5.41, 5.74) is 3.41. The molecule has 1 amide bonds. The number of nitrogens with zero attached hydrogens (tertiary/aromatic N) is 4. The summed E-state index contributed by atoms with van der Waals surface area (Å²) in [6.45, 7) is 0. The van der Waals surface area contributed by atoms with Crippen molar-refractivity contribution in [2.75, 3.05) is 5.32 Å². The zero-order valence-electron chi connectivity index (χ0n) is 17.0. The van der Waals surface area contributed by atoms with Gasteiger partial charge in [-0.05, 0) is 60.7 Å². The van der Waals surface area contributed by atoms with Crippen LogP contribution in [-0.4, -0.2) is 11.7 Å². The van der Waals surface area contributed by atoms with Crippen molar-refractivity contribution >= 4 is 57.7 Å². The summed E-state index contributed by atoms with van der Waals surface area (Å²) in [6, 6.07) is 25.6. The highest BCUT2D eigenvalue weighted by atomic mass is 32.2. The SMILES string of the molecule is O=CNc1ccc(N=Nc2ccc(N=Nc3ccc(SOOO)cc3)c3ccccc23)cc1. The summed E-state index contributed by atoms with van der Waals surface area (Å²) in [5.74, 6) is 0. The number of azo groups is 2. The molecular weight excluding hydrogens is 442 g/mol. The molecule has 0 fully saturated rings. The molecule has 0 saturated heterocycles. The van der Waals surface area contributed by atoms with Gasteiger partial charge in [0.25, 0.3) is 0 Å². The molecule has 0 spiro atoms. The minimum atomic E-state index is 0.624. The Kier molecular flexibility index (Phi) is 7.46. The number of carbonyl (C=O) groups excluding carboxylic acids is 1. The van der Waals surface area contributed by atoms with Crippen LogP contribution in [0.3, 0.4) is 0 Å². The van der Waals surface area contributed by atoms with Crippen molar-refractivity contribution in [3.05, 3.63) is 84.9 Å². The Balaban J connectivity index is 1.56. The maximum absolute atomic E-state index is 10.5. The van der Waals surface area contributed by atoms with Gasteiger partial charge in [-0.15, -0.1) is 14.6 Å². The fraction of sp³-hybridized carbons (Fsp3) is 0. The number of fused-ring (bicyclic) bond motifs is 1. The molecule has 33 heavy (non-hydrogen) atoms. The molecular formula is C23H17N5O4S. The fourth-order valence-corrected chi connectivity index (χ4v) is 3.34. The van der Waals surface area contributed by atoms with E-state index in [1.807, 2.05) is 36.4 Å². The van der Waals surface area contributed by atoms with Crippen LogP contribution in [0.4, 0.5) is 28.4 Å². The standard InChI is InChI=1S/C23H17N5O4S/c29-15-24-16-5-7-17(8-6-16)25-27-22-13-14-23(21-4-2-1-3-20(21)22)28-26-18-9-11-19(12-10-18)33-32-31-30/h1-15,30H,(H,24,29). The fourth-order valence-electron chi connectivity index (χ4n) is 2.98. The van der Waals surface area contributed by atoms with Gasteiger partial charge in [-0.2, -0.15) is 10.2 Å². The van der Waals surface area contributed by atoms with Crippen LogP contribution in [0.25, 0.3) is 10.8 Å². The molecule has 9 nitrogen and oxygen atoms in total. The van der Waals surface area contributed by atoms with E-state index in [1.165, 1.54) is 0 Å². The van der Waals surface area contributed by atoms with Crippen LogP contribution in [0.1, 0.15) is 0 Å². The van der Waals surface area contributed by atoms with Gasteiger partial charge in [0, 0.05) is 21.4 Å². The summed E-state index contributed by atoms with van der Waals surface area (Å²) >= 11 is 0.872. The second-order valence-electron chi connectivity index (χ2n) is 6.58. The van der Waals surface area contributed by atoms with E-state index in [2.05, 4.69) is 35.1 Å². The molecule has 4 aromatic carbocycles. The number of carbonyl (C=O) groups is 1. The second-order valence-corrected chi connectivity index (χ2v) is 7.35. The Morgan fingerprint density at radius 1 is 0.727 bits per heavy atom. The first-order valence-corrected chi connectivity index (χ1v) is 10.4. The monoisotopic (exact) mass is 459 g/mol. The van der Waals surface area contributed by atoms with E-state index in [-0.39, 0.29) is 0 Å². The van der Waals surface area contributed by atoms with Crippen molar-refractivity contribution in [1.82, 2.24) is 0 Å². The van der Waals surface area contributed by atoms with Gasteiger partial charge in [-0.1, -0.05) is 29.3 Å². The topological polar surface area (TPSA) is 117 Å². The molecule has 0 aliphatic carbocycles. The largest absolute Gasteiger partial charge is 0.329 e. The average molecular weight is 459 g/mol. The number of hydrogen-bond acceptors (Lipinski definition) is 9. The smallest absolute Gasteiger partial charge is 0.211 e. The molecule has 0 aliphatic heterocycles. The van der Waals surface area contributed by atoms with Crippen molar-refractivity contribution in [2.24, 2.45) is 20.5 Å². The molecule has 0 bridgehead atoms. The lowest BCUT2D eigenvalue weighted by Crippen LogP contribution is -1.91. The number of nitrogens with one attached hydrogen (secondary N) is 1. The highest BCUT2D eigenvalue weighted by Crippen LogP contribution is 2.35. The predicted octanol–water partition coefficient (Wildman–Crippen LogP) is 7.67. The first-order chi connectivity index (χ1) is 16.3. The summed E-state index contributed by atoms with van der Waals surface area (Å²) in [5, 5.41) is 33.6. The van der Waals surface area contributed by atoms with Crippen molar-refractivity contribution in [1.29, 1.82) is 0 Å². The van der Waals surface area contributed by atoms with Gasteiger partial charge in [0.15, 0.2) is 0 Å². The molecule has 0 heterocycles. The van der Waals surface area contributed by atoms with Gasteiger partial charge in [0.05, 0.1) is 34.8 Å². The molecule has 0 aliphatic rings. The lowest BCUT2D eigenvalue weighted by atomic mass is 10.1. The molecule has 4 rings (SSSR count). The molecule has 0 radical (unpaired) electrons. The average Bonchev–Trinajstić information content (AvgIpc) is 2.87. The van der Waals surface area contributed by atoms with Crippen LogP contribution < -0.4 is 5.32 Å². The highest BCUT2D eigenvalue weighted by Gasteiger charge is 2.05. The predicted molar refractivity (Wildman–Crippen MR) is 126 cm³/mol. The zero-order chi connectivity index (χ0) is 22.9. The van der Waals surface area contributed by atoms with Crippen molar-refractivity contribution in [3.63, 3.8) is 0 Å². The van der Waals surface area contributed by atoms with E-state index in [0.29, 0.717) is 34.8 Å². The van der Waals surface area contributed by atoms with Gasteiger partial charge in [-0.25, -0.2) is 5.26 Å². The van der Waals surface area contributed by atoms with Crippen molar-refractivity contribution in [3.8, 4) is 0 Å². The summed E-state index contributed by atoms with van der Waals surface area (Å²) in [7, 11) is 0. The number of amides is 1. The van der Waals surface area contributed by atoms with Gasteiger partial charge in [-0.3, -0.25) is 4.79 Å². The third-order valence-electron chi connectivity index (χ3n) is 4.51. The van der Waals surface area contributed by atoms with Crippen LogP contribution in [0.5, 0.6) is 0 Å². The van der Waals surface area contributed by atoms with E-state index in [1.54, 1.807) is 48.5 Å². The first-order valence-electron chi connectivity index (χ1n) is 9.67. The lowest BCUT2D eigenvalue weighted by molar-refractivity contribution is -0.432. The normalized spacial score (nSPS) is 11.4. The number of anilines is 1. The minimum absolute atomic E-state index is 0.624. The molecule has 0 unspecified atom stereocenters.